The Kier molecular flexibility index (Phi) is 8.87. The molecule has 2 unspecified atom stereocenters. The minimum Gasteiger partial charge on any atom is -0.344 e. The summed E-state index contributed by atoms with van der Waals surface area (Å²) in [6.45, 7) is 9.53. The van der Waals surface area contributed by atoms with E-state index in [0.717, 1.165) is 10.7 Å². The van der Waals surface area contributed by atoms with Crippen LogP contribution in [0.2, 0.25) is 0 Å². The third kappa shape index (κ3) is 5.65. The minimum absolute atomic E-state index is 0. The Hall–Kier alpha value is -0.360. The Morgan fingerprint density at radius 1 is 1.42 bits per heavy atom. The van der Waals surface area contributed by atoms with E-state index in [1.807, 2.05) is 40.0 Å². The summed E-state index contributed by atoms with van der Waals surface area (Å²) in [5, 5.41) is 5.90. The Morgan fingerprint density at radius 3 is 2.32 bits per heavy atom. The van der Waals surface area contributed by atoms with Gasteiger partial charge in [0.25, 0.3) is 0 Å². The maximum absolute atomic E-state index is 12.0. The number of hydrogen-bond donors (Lipinski definition) is 2. The second-order valence-corrected chi connectivity index (χ2v) is 5.91. The van der Waals surface area contributed by atoms with Gasteiger partial charge in [0.15, 0.2) is 0 Å². The second kappa shape index (κ2) is 8.04. The number of rotatable bonds is 4. The Morgan fingerprint density at radius 2 is 1.95 bits per heavy atom. The van der Waals surface area contributed by atoms with Gasteiger partial charge in [-0.2, -0.15) is 0 Å². The zero-order valence-corrected chi connectivity index (χ0v) is 14.3. The topological polar surface area (TPSA) is 68.0 Å². The highest BCUT2D eigenvalue weighted by Gasteiger charge is 2.28. The van der Waals surface area contributed by atoms with Gasteiger partial charge in [0.05, 0.1) is 5.54 Å². The van der Waals surface area contributed by atoms with E-state index >= 15 is 0 Å². The molecule has 1 heterocycles. The van der Waals surface area contributed by atoms with Crippen molar-refractivity contribution in [2.45, 2.75) is 46.2 Å². The summed E-state index contributed by atoms with van der Waals surface area (Å²) >= 11 is 1.56. The van der Waals surface area contributed by atoms with E-state index in [2.05, 4.69) is 10.3 Å². The lowest BCUT2D eigenvalue weighted by Gasteiger charge is -2.26. The van der Waals surface area contributed by atoms with Crippen LogP contribution in [0.4, 0.5) is 0 Å². The van der Waals surface area contributed by atoms with Crippen LogP contribution in [0.1, 0.15) is 38.4 Å². The molecule has 0 saturated carbocycles. The molecule has 3 N–H and O–H groups in total. The molecule has 0 bridgehead atoms. The van der Waals surface area contributed by atoms with Crippen LogP contribution in [0, 0.1) is 12.8 Å². The first-order chi connectivity index (χ1) is 7.74. The number of nitrogens with two attached hydrogens (primary N) is 1. The van der Waals surface area contributed by atoms with E-state index in [1.165, 1.54) is 0 Å². The number of hydrogen-bond acceptors (Lipinski definition) is 4. The molecule has 1 aromatic rings. The molecule has 1 aromatic heterocycles. The molecule has 0 spiro atoms. The fourth-order valence-electron chi connectivity index (χ4n) is 1.36. The average molecular weight is 328 g/mol. The van der Waals surface area contributed by atoms with Crippen LogP contribution in [0.3, 0.4) is 0 Å². The van der Waals surface area contributed by atoms with E-state index in [9.17, 15) is 4.79 Å². The van der Waals surface area contributed by atoms with Crippen molar-refractivity contribution in [1.29, 1.82) is 0 Å². The van der Waals surface area contributed by atoms with Crippen LogP contribution >= 0.6 is 36.2 Å². The van der Waals surface area contributed by atoms with Crippen molar-refractivity contribution in [3.63, 3.8) is 0 Å². The van der Waals surface area contributed by atoms with Gasteiger partial charge in [0.2, 0.25) is 5.91 Å². The number of halogens is 2. The molecule has 0 aliphatic heterocycles. The van der Waals surface area contributed by atoms with Crippen LogP contribution in [0.25, 0.3) is 0 Å². The maximum Gasteiger partial charge on any atom is 0.225 e. The number of nitrogens with one attached hydrogen (secondary N) is 1. The fourth-order valence-corrected chi connectivity index (χ4v) is 2.23. The number of aryl methyl sites for hydroxylation is 1. The lowest BCUT2D eigenvalue weighted by Crippen LogP contribution is -2.47. The fraction of sp³-hybridized carbons (Fsp3) is 0.667. The molecule has 0 aliphatic carbocycles. The van der Waals surface area contributed by atoms with Crippen LogP contribution < -0.4 is 11.1 Å². The SMILES string of the molecule is Cc1csc(C(C)(C)NC(=O)C(C)C(C)N)n1.Cl.Cl. The molecule has 0 aromatic carbocycles. The van der Waals surface area contributed by atoms with Crippen LogP contribution in [0.15, 0.2) is 5.38 Å². The minimum atomic E-state index is -0.445. The summed E-state index contributed by atoms with van der Waals surface area (Å²) in [7, 11) is 0. The predicted octanol–water partition coefficient (Wildman–Crippen LogP) is 2.63. The Labute approximate surface area is 131 Å². The van der Waals surface area contributed by atoms with Gasteiger partial charge in [-0.05, 0) is 27.7 Å². The quantitative estimate of drug-likeness (QED) is 0.893. The summed E-state index contributed by atoms with van der Waals surface area (Å²) in [6, 6.07) is -0.149. The normalized spacial score (nSPS) is 13.8. The molecule has 1 rings (SSSR count). The second-order valence-electron chi connectivity index (χ2n) is 5.06. The van der Waals surface area contributed by atoms with Crippen LogP contribution in [0.5, 0.6) is 0 Å². The molecular formula is C12H23Cl2N3OS. The van der Waals surface area contributed by atoms with Crippen molar-refractivity contribution in [2.24, 2.45) is 11.7 Å². The molecular weight excluding hydrogens is 305 g/mol. The van der Waals surface area contributed by atoms with Gasteiger partial charge >= 0.3 is 0 Å². The molecule has 0 fully saturated rings. The molecule has 2 atom stereocenters. The smallest absolute Gasteiger partial charge is 0.225 e. The van der Waals surface area contributed by atoms with Gasteiger partial charge in [-0.3, -0.25) is 4.79 Å². The summed E-state index contributed by atoms with van der Waals surface area (Å²) < 4.78 is 0. The van der Waals surface area contributed by atoms with Gasteiger partial charge in [-0.15, -0.1) is 36.2 Å². The number of amides is 1. The largest absolute Gasteiger partial charge is 0.344 e. The molecule has 112 valence electrons. The van der Waals surface area contributed by atoms with E-state index in [-0.39, 0.29) is 42.7 Å². The van der Waals surface area contributed by atoms with Gasteiger partial charge < -0.3 is 11.1 Å². The van der Waals surface area contributed by atoms with E-state index < -0.39 is 5.54 Å². The van der Waals surface area contributed by atoms with Crippen molar-refractivity contribution < 1.29 is 4.79 Å². The van der Waals surface area contributed by atoms with E-state index in [0.29, 0.717) is 0 Å². The van der Waals surface area contributed by atoms with Gasteiger partial charge in [0, 0.05) is 23.0 Å². The molecule has 4 nitrogen and oxygen atoms in total. The van der Waals surface area contributed by atoms with E-state index in [1.54, 1.807) is 11.3 Å². The van der Waals surface area contributed by atoms with Crippen molar-refractivity contribution in [3.8, 4) is 0 Å². The molecule has 1 amide bonds. The van der Waals surface area contributed by atoms with E-state index in [4.69, 9.17) is 5.73 Å². The van der Waals surface area contributed by atoms with Crippen LogP contribution in [-0.2, 0) is 10.3 Å². The first-order valence-corrected chi connectivity index (χ1v) is 6.62. The van der Waals surface area contributed by atoms with Crippen molar-refractivity contribution in [2.75, 3.05) is 0 Å². The molecule has 7 heteroatoms. The Bertz CT molecular complexity index is 407. The van der Waals surface area contributed by atoms with Crippen molar-refractivity contribution in [1.82, 2.24) is 10.3 Å². The lowest BCUT2D eigenvalue weighted by atomic mass is 10.0. The number of nitrogens with zero attached hydrogens (tertiary/aromatic N) is 1. The molecule has 0 radical (unpaired) electrons. The number of carbonyl (C=O) groups excluding carboxylic acids is 1. The summed E-state index contributed by atoms with van der Waals surface area (Å²) in [5.74, 6) is -0.229. The maximum atomic E-state index is 12.0. The van der Waals surface area contributed by atoms with Gasteiger partial charge in [-0.1, -0.05) is 6.92 Å². The number of aromatic nitrogens is 1. The highest BCUT2D eigenvalue weighted by Crippen LogP contribution is 2.24. The zero-order valence-electron chi connectivity index (χ0n) is 11.9. The number of carbonyl (C=O) groups is 1. The average Bonchev–Trinajstić information content (AvgIpc) is 2.63. The highest BCUT2D eigenvalue weighted by molar-refractivity contribution is 7.09. The highest BCUT2D eigenvalue weighted by atomic mass is 35.5. The third-order valence-corrected chi connectivity index (χ3v) is 4.08. The summed E-state index contributed by atoms with van der Waals surface area (Å²) in [6.07, 6.45) is 0. The molecule has 19 heavy (non-hydrogen) atoms. The van der Waals surface area contributed by atoms with Crippen molar-refractivity contribution >= 4 is 42.1 Å². The third-order valence-electron chi connectivity index (χ3n) is 2.79. The first-order valence-electron chi connectivity index (χ1n) is 5.74. The summed E-state index contributed by atoms with van der Waals surface area (Å²) in [4.78, 5) is 16.4. The Balaban J connectivity index is 0. The van der Waals surface area contributed by atoms with Crippen molar-refractivity contribution in [3.05, 3.63) is 16.1 Å². The first kappa shape index (κ1) is 20.9. The standard InChI is InChI=1S/C12H21N3OS.2ClH/c1-7-6-17-11(14-7)12(4,5)15-10(16)8(2)9(3)13;;/h6,8-9H,13H2,1-5H3,(H,15,16);2*1H. The van der Waals surface area contributed by atoms with Crippen LogP contribution in [-0.4, -0.2) is 16.9 Å². The number of thiazole rings is 1. The van der Waals surface area contributed by atoms with Gasteiger partial charge in [0.1, 0.15) is 5.01 Å². The van der Waals surface area contributed by atoms with Gasteiger partial charge in [-0.25, -0.2) is 4.98 Å². The monoisotopic (exact) mass is 327 g/mol. The lowest BCUT2D eigenvalue weighted by molar-refractivity contribution is -0.126. The molecule has 0 saturated heterocycles. The molecule has 0 aliphatic rings. The predicted molar refractivity (Wildman–Crippen MR) is 85.3 cm³/mol. The zero-order chi connectivity index (χ0) is 13.2. The summed E-state index contributed by atoms with van der Waals surface area (Å²) in [5.41, 5.74) is 6.26.